The minimum absolute atomic E-state index is 0.281. The van der Waals surface area contributed by atoms with Crippen molar-refractivity contribution in [2.45, 2.75) is 25.3 Å². The van der Waals surface area contributed by atoms with Gasteiger partial charge < -0.3 is 11.1 Å². The van der Waals surface area contributed by atoms with E-state index < -0.39 is 0 Å². The molecule has 12 heavy (non-hydrogen) atoms. The highest BCUT2D eigenvalue weighted by atomic mass is 16.1. The van der Waals surface area contributed by atoms with Crippen LogP contribution in [0.1, 0.15) is 19.3 Å². The molecule has 2 aliphatic rings. The first-order valence-electron chi connectivity index (χ1n) is 4.49. The zero-order valence-corrected chi connectivity index (χ0v) is 7.05. The Labute approximate surface area is 72.0 Å². The van der Waals surface area contributed by atoms with Crippen molar-refractivity contribution in [2.75, 3.05) is 6.54 Å². The molecule has 1 fully saturated rings. The molecule has 1 amide bonds. The molecule has 0 bridgehead atoms. The highest BCUT2D eigenvalue weighted by Gasteiger charge is 2.31. The summed E-state index contributed by atoms with van der Waals surface area (Å²) >= 11 is 0. The van der Waals surface area contributed by atoms with E-state index in [0.29, 0.717) is 12.6 Å². The van der Waals surface area contributed by atoms with Gasteiger partial charge in [0.25, 0.3) is 0 Å². The van der Waals surface area contributed by atoms with Crippen molar-refractivity contribution in [1.82, 2.24) is 5.32 Å². The lowest BCUT2D eigenvalue weighted by molar-refractivity contribution is -0.114. The van der Waals surface area contributed by atoms with E-state index in [4.69, 9.17) is 5.73 Å². The van der Waals surface area contributed by atoms with E-state index >= 15 is 0 Å². The number of hydrogen-bond acceptors (Lipinski definition) is 2. The quantitative estimate of drug-likeness (QED) is 0.614. The van der Waals surface area contributed by atoms with Crippen LogP contribution in [0.2, 0.25) is 0 Å². The van der Waals surface area contributed by atoms with Crippen molar-refractivity contribution < 1.29 is 4.79 Å². The SMILES string of the molecule is NC(=O)C1=CCC(C2CC2)NC1. The van der Waals surface area contributed by atoms with Crippen LogP contribution >= 0.6 is 0 Å². The Morgan fingerprint density at radius 3 is 2.75 bits per heavy atom. The van der Waals surface area contributed by atoms with Gasteiger partial charge in [-0.25, -0.2) is 0 Å². The molecule has 1 saturated carbocycles. The van der Waals surface area contributed by atoms with Gasteiger partial charge in [0, 0.05) is 18.2 Å². The van der Waals surface area contributed by atoms with Gasteiger partial charge in [-0.05, 0) is 25.2 Å². The number of carbonyl (C=O) groups is 1. The predicted molar refractivity (Wildman–Crippen MR) is 46.4 cm³/mol. The Bertz CT molecular complexity index is 231. The second-order valence-corrected chi connectivity index (χ2v) is 3.65. The molecule has 1 unspecified atom stereocenters. The molecule has 1 heterocycles. The maximum Gasteiger partial charge on any atom is 0.245 e. The number of carbonyl (C=O) groups excluding carboxylic acids is 1. The molecule has 1 atom stereocenters. The molecule has 2 rings (SSSR count). The fourth-order valence-electron chi connectivity index (χ4n) is 1.71. The first-order valence-corrected chi connectivity index (χ1v) is 4.49. The van der Waals surface area contributed by atoms with Crippen molar-refractivity contribution in [1.29, 1.82) is 0 Å². The second-order valence-electron chi connectivity index (χ2n) is 3.65. The molecule has 0 saturated heterocycles. The summed E-state index contributed by atoms with van der Waals surface area (Å²) in [5, 5.41) is 3.34. The van der Waals surface area contributed by atoms with Crippen molar-refractivity contribution in [2.24, 2.45) is 11.7 Å². The maximum absolute atomic E-state index is 10.8. The van der Waals surface area contributed by atoms with E-state index in [1.807, 2.05) is 6.08 Å². The van der Waals surface area contributed by atoms with Crippen LogP contribution in [0.15, 0.2) is 11.6 Å². The summed E-state index contributed by atoms with van der Waals surface area (Å²) < 4.78 is 0. The van der Waals surface area contributed by atoms with Gasteiger partial charge in [0.2, 0.25) is 5.91 Å². The first kappa shape index (κ1) is 7.80. The highest BCUT2D eigenvalue weighted by molar-refractivity contribution is 5.92. The van der Waals surface area contributed by atoms with Crippen LogP contribution in [0, 0.1) is 5.92 Å². The van der Waals surface area contributed by atoms with Crippen molar-refractivity contribution in [3.8, 4) is 0 Å². The molecule has 3 nitrogen and oxygen atoms in total. The fraction of sp³-hybridized carbons (Fsp3) is 0.667. The highest BCUT2D eigenvalue weighted by Crippen LogP contribution is 2.35. The normalized spacial score (nSPS) is 29.7. The van der Waals surface area contributed by atoms with E-state index in [9.17, 15) is 4.79 Å². The minimum atomic E-state index is -0.281. The summed E-state index contributed by atoms with van der Waals surface area (Å²) in [5.41, 5.74) is 5.90. The molecule has 0 aromatic rings. The standard InChI is InChI=1S/C9H14N2O/c10-9(12)7-3-4-8(11-5-7)6-1-2-6/h3,6,8,11H,1-2,4-5H2,(H2,10,12). The van der Waals surface area contributed by atoms with Crippen LogP contribution < -0.4 is 11.1 Å². The monoisotopic (exact) mass is 166 g/mol. The second kappa shape index (κ2) is 2.90. The van der Waals surface area contributed by atoms with Gasteiger partial charge in [0.05, 0.1) is 0 Å². The molecular weight excluding hydrogens is 152 g/mol. The first-order chi connectivity index (χ1) is 5.77. The van der Waals surface area contributed by atoms with Gasteiger partial charge in [0.15, 0.2) is 0 Å². The molecule has 3 N–H and O–H groups in total. The van der Waals surface area contributed by atoms with Gasteiger partial charge in [-0.2, -0.15) is 0 Å². The van der Waals surface area contributed by atoms with Crippen LogP contribution in [0.5, 0.6) is 0 Å². The number of rotatable bonds is 2. The Balaban J connectivity index is 1.94. The van der Waals surface area contributed by atoms with Crippen LogP contribution in [-0.4, -0.2) is 18.5 Å². The lowest BCUT2D eigenvalue weighted by Gasteiger charge is -2.21. The molecule has 0 aromatic carbocycles. The number of nitrogens with two attached hydrogens (primary N) is 1. The summed E-state index contributed by atoms with van der Waals surface area (Å²) in [7, 11) is 0. The lowest BCUT2D eigenvalue weighted by atomic mass is 10.0. The number of nitrogens with one attached hydrogen (secondary N) is 1. The van der Waals surface area contributed by atoms with E-state index in [1.54, 1.807) is 0 Å². The van der Waals surface area contributed by atoms with Gasteiger partial charge in [0.1, 0.15) is 0 Å². The zero-order valence-electron chi connectivity index (χ0n) is 7.05. The maximum atomic E-state index is 10.8. The van der Waals surface area contributed by atoms with Gasteiger partial charge >= 0.3 is 0 Å². The molecule has 0 spiro atoms. The number of primary amides is 1. The smallest absolute Gasteiger partial charge is 0.245 e. The third-order valence-electron chi connectivity index (χ3n) is 2.68. The van der Waals surface area contributed by atoms with Gasteiger partial charge in [-0.3, -0.25) is 4.79 Å². The van der Waals surface area contributed by atoms with E-state index in [-0.39, 0.29) is 5.91 Å². The minimum Gasteiger partial charge on any atom is -0.366 e. The summed E-state index contributed by atoms with van der Waals surface area (Å²) in [4.78, 5) is 10.8. The van der Waals surface area contributed by atoms with Crippen LogP contribution in [0.4, 0.5) is 0 Å². The molecular formula is C9H14N2O. The topological polar surface area (TPSA) is 55.1 Å². The van der Waals surface area contributed by atoms with Crippen LogP contribution in [0.25, 0.3) is 0 Å². The van der Waals surface area contributed by atoms with E-state index in [1.165, 1.54) is 12.8 Å². The van der Waals surface area contributed by atoms with E-state index in [0.717, 1.165) is 17.9 Å². The Morgan fingerprint density at radius 2 is 2.33 bits per heavy atom. The third kappa shape index (κ3) is 1.50. The largest absolute Gasteiger partial charge is 0.366 e. The van der Waals surface area contributed by atoms with Crippen molar-refractivity contribution >= 4 is 5.91 Å². The zero-order chi connectivity index (χ0) is 8.55. The summed E-state index contributed by atoms with van der Waals surface area (Å²) in [6, 6.07) is 0.605. The Morgan fingerprint density at radius 1 is 1.58 bits per heavy atom. The lowest BCUT2D eigenvalue weighted by Crippen LogP contribution is -2.38. The van der Waals surface area contributed by atoms with Crippen LogP contribution in [0.3, 0.4) is 0 Å². The Hall–Kier alpha value is -0.830. The molecule has 0 radical (unpaired) electrons. The number of hydrogen-bond donors (Lipinski definition) is 2. The van der Waals surface area contributed by atoms with Crippen molar-refractivity contribution in [3.05, 3.63) is 11.6 Å². The number of amides is 1. The average molecular weight is 166 g/mol. The summed E-state index contributed by atoms with van der Waals surface area (Å²) in [6.07, 6.45) is 5.65. The fourth-order valence-corrected chi connectivity index (χ4v) is 1.71. The Kier molecular flexibility index (Phi) is 1.89. The predicted octanol–water partition coefficient (Wildman–Crippen LogP) is 0.170. The molecule has 1 aliphatic carbocycles. The summed E-state index contributed by atoms with van der Waals surface area (Å²) in [5.74, 6) is 0.576. The van der Waals surface area contributed by atoms with Gasteiger partial charge in [-0.1, -0.05) is 6.08 Å². The third-order valence-corrected chi connectivity index (χ3v) is 2.68. The van der Waals surface area contributed by atoms with Crippen LogP contribution in [-0.2, 0) is 4.79 Å². The molecule has 0 aromatic heterocycles. The molecule has 66 valence electrons. The molecule has 3 heteroatoms. The van der Waals surface area contributed by atoms with Crippen molar-refractivity contribution in [3.63, 3.8) is 0 Å². The molecule has 1 aliphatic heterocycles. The average Bonchev–Trinajstić information content (AvgIpc) is 2.87. The van der Waals surface area contributed by atoms with Gasteiger partial charge in [-0.15, -0.1) is 0 Å². The summed E-state index contributed by atoms with van der Waals surface area (Å²) in [6.45, 7) is 0.663. The van der Waals surface area contributed by atoms with E-state index in [2.05, 4.69) is 5.32 Å².